The molecule has 1 N–H and O–H groups in total. The van der Waals surface area contributed by atoms with E-state index in [9.17, 15) is 18.8 Å². The number of nitrogens with one attached hydrogen (secondary N) is 1. The van der Waals surface area contributed by atoms with Crippen molar-refractivity contribution in [2.45, 2.75) is 26.3 Å². The zero-order chi connectivity index (χ0) is 20.7. The number of carbonyl (C=O) groups is 3. The summed E-state index contributed by atoms with van der Waals surface area (Å²) in [6.45, 7) is 4.54. The van der Waals surface area contributed by atoms with Crippen LogP contribution < -0.4 is 5.32 Å². The highest BCUT2D eigenvalue weighted by Gasteiger charge is 2.29. The summed E-state index contributed by atoms with van der Waals surface area (Å²) >= 11 is 0. The average molecular weight is 387 g/mol. The van der Waals surface area contributed by atoms with Gasteiger partial charge in [-0.05, 0) is 57.2 Å². The second-order valence-electron chi connectivity index (χ2n) is 7.02. The van der Waals surface area contributed by atoms with E-state index in [0.29, 0.717) is 5.69 Å². The fraction of sp³-hybridized carbons (Fsp3) is 0.300. The fourth-order valence-corrected chi connectivity index (χ4v) is 2.35. The van der Waals surface area contributed by atoms with Gasteiger partial charge < -0.3 is 15.0 Å². The van der Waals surface area contributed by atoms with Crippen molar-refractivity contribution in [1.29, 1.82) is 0 Å². The molecule has 148 valence electrons. The predicted molar refractivity (Wildman–Crippen MR) is 101 cm³/mol. The van der Waals surface area contributed by atoms with Crippen LogP contribution in [0.4, 0.5) is 10.1 Å². The molecule has 0 aliphatic carbocycles. The number of anilines is 1. The number of ether oxygens (including phenoxy) is 1. The monoisotopic (exact) mass is 387 g/mol. The minimum atomic E-state index is -0.683. The molecule has 0 bridgehead atoms. The number of rotatable bonds is 6. The van der Waals surface area contributed by atoms with Crippen molar-refractivity contribution in [2.75, 3.05) is 18.5 Å². The molecule has 0 fully saturated rings. The number of benzene rings is 1. The van der Waals surface area contributed by atoms with E-state index in [0.717, 1.165) is 0 Å². The highest BCUT2D eigenvalue weighted by atomic mass is 19.1. The van der Waals surface area contributed by atoms with Crippen LogP contribution in [-0.2, 0) is 14.3 Å². The van der Waals surface area contributed by atoms with Crippen molar-refractivity contribution >= 4 is 23.5 Å². The SMILES string of the molecule is CC(C)(C)N(CC(=O)Nc1ccc(F)cc1)C(=O)COC(=O)c1cccnc1. The summed E-state index contributed by atoms with van der Waals surface area (Å²) in [5, 5.41) is 2.60. The number of nitrogens with zero attached hydrogens (tertiary/aromatic N) is 2. The summed E-state index contributed by atoms with van der Waals surface area (Å²) in [4.78, 5) is 42.0. The highest BCUT2D eigenvalue weighted by molar-refractivity contribution is 5.95. The molecule has 2 rings (SSSR count). The zero-order valence-electron chi connectivity index (χ0n) is 15.9. The largest absolute Gasteiger partial charge is 0.452 e. The normalized spacial score (nSPS) is 10.9. The quantitative estimate of drug-likeness (QED) is 0.770. The highest BCUT2D eigenvalue weighted by Crippen LogP contribution is 2.15. The van der Waals surface area contributed by atoms with Crippen LogP contribution in [0.25, 0.3) is 0 Å². The smallest absolute Gasteiger partial charge is 0.340 e. The molecule has 0 radical (unpaired) electrons. The van der Waals surface area contributed by atoms with Gasteiger partial charge in [0.05, 0.1) is 5.56 Å². The fourth-order valence-electron chi connectivity index (χ4n) is 2.35. The third-order valence-electron chi connectivity index (χ3n) is 3.76. The first kappa shape index (κ1) is 21.0. The van der Waals surface area contributed by atoms with Gasteiger partial charge >= 0.3 is 5.97 Å². The van der Waals surface area contributed by atoms with Crippen LogP contribution in [0.5, 0.6) is 0 Å². The van der Waals surface area contributed by atoms with E-state index in [1.54, 1.807) is 26.8 Å². The zero-order valence-corrected chi connectivity index (χ0v) is 15.9. The maximum Gasteiger partial charge on any atom is 0.340 e. The summed E-state index contributed by atoms with van der Waals surface area (Å²) in [6.07, 6.45) is 2.85. The minimum absolute atomic E-state index is 0.228. The molecule has 0 saturated heterocycles. The molecule has 28 heavy (non-hydrogen) atoms. The minimum Gasteiger partial charge on any atom is -0.452 e. The number of amides is 2. The van der Waals surface area contributed by atoms with Gasteiger partial charge in [-0.1, -0.05) is 0 Å². The van der Waals surface area contributed by atoms with Gasteiger partial charge in [0.25, 0.3) is 5.91 Å². The molecular weight excluding hydrogens is 365 g/mol. The van der Waals surface area contributed by atoms with Crippen molar-refractivity contribution in [3.8, 4) is 0 Å². The van der Waals surface area contributed by atoms with Gasteiger partial charge in [-0.15, -0.1) is 0 Å². The molecule has 8 heteroatoms. The number of carbonyl (C=O) groups excluding carboxylic acids is 3. The predicted octanol–water partition coefficient (Wildman–Crippen LogP) is 2.64. The molecule has 0 unspecified atom stereocenters. The lowest BCUT2D eigenvalue weighted by Crippen LogP contribution is -2.50. The Morgan fingerprint density at radius 1 is 1.14 bits per heavy atom. The molecule has 1 aromatic carbocycles. The summed E-state index contributed by atoms with van der Waals surface area (Å²) in [6, 6.07) is 8.40. The van der Waals surface area contributed by atoms with Crippen molar-refractivity contribution in [2.24, 2.45) is 0 Å². The summed E-state index contributed by atoms with van der Waals surface area (Å²) in [5.41, 5.74) is -0.0415. The summed E-state index contributed by atoms with van der Waals surface area (Å²) in [5.74, 6) is -2.06. The van der Waals surface area contributed by atoms with Crippen molar-refractivity contribution in [1.82, 2.24) is 9.88 Å². The Hall–Kier alpha value is -3.29. The number of hydrogen-bond donors (Lipinski definition) is 1. The lowest BCUT2D eigenvalue weighted by Gasteiger charge is -2.35. The second kappa shape index (κ2) is 9.07. The first-order chi connectivity index (χ1) is 13.2. The van der Waals surface area contributed by atoms with Crippen LogP contribution >= 0.6 is 0 Å². The van der Waals surface area contributed by atoms with Crippen LogP contribution in [0, 0.1) is 5.82 Å². The number of hydrogen-bond acceptors (Lipinski definition) is 5. The van der Waals surface area contributed by atoms with Crippen LogP contribution in [0.3, 0.4) is 0 Å². The molecule has 2 amide bonds. The Morgan fingerprint density at radius 2 is 1.82 bits per heavy atom. The molecule has 1 heterocycles. The molecular formula is C20H22FN3O4. The third-order valence-corrected chi connectivity index (χ3v) is 3.76. The Labute approximate surface area is 162 Å². The summed E-state index contributed by atoms with van der Waals surface area (Å²) < 4.78 is 18.0. The number of esters is 1. The van der Waals surface area contributed by atoms with Gasteiger partial charge in [0, 0.05) is 23.6 Å². The number of pyridine rings is 1. The Bertz CT molecular complexity index is 833. The van der Waals surface area contributed by atoms with E-state index in [4.69, 9.17) is 4.74 Å². The Balaban J connectivity index is 1.98. The molecule has 0 aliphatic rings. The lowest BCUT2D eigenvalue weighted by atomic mass is 10.1. The van der Waals surface area contributed by atoms with Gasteiger partial charge in [-0.3, -0.25) is 14.6 Å². The van der Waals surface area contributed by atoms with E-state index in [1.165, 1.54) is 47.6 Å². The maximum absolute atomic E-state index is 13.0. The number of halogens is 1. The van der Waals surface area contributed by atoms with E-state index in [2.05, 4.69) is 10.3 Å². The molecule has 2 aromatic rings. The molecule has 0 saturated carbocycles. The van der Waals surface area contributed by atoms with Crippen molar-refractivity contribution in [3.05, 3.63) is 60.2 Å². The average Bonchev–Trinajstić information content (AvgIpc) is 2.65. The van der Waals surface area contributed by atoms with E-state index < -0.39 is 35.7 Å². The maximum atomic E-state index is 13.0. The van der Waals surface area contributed by atoms with Crippen molar-refractivity contribution < 1.29 is 23.5 Å². The molecule has 0 aliphatic heterocycles. The van der Waals surface area contributed by atoms with E-state index in [-0.39, 0.29) is 12.1 Å². The third kappa shape index (κ3) is 6.15. The van der Waals surface area contributed by atoms with E-state index >= 15 is 0 Å². The van der Waals surface area contributed by atoms with Gasteiger partial charge in [-0.2, -0.15) is 0 Å². The van der Waals surface area contributed by atoms with Crippen LogP contribution in [-0.4, -0.2) is 46.4 Å². The van der Waals surface area contributed by atoms with Gasteiger partial charge in [-0.25, -0.2) is 9.18 Å². The molecule has 7 nitrogen and oxygen atoms in total. The van der Waals surface area contributed by atoms with Gasteiger partial charge in [0.2, 0.25) is 5.91 Å². The van der Waals surface area contributed by atoms with E-state index in [1.807, 2.05) is 0 Å². The number of aromatic nitrogens is 1. The molecule has 1 aromatic heterocycles. The molecule has 0 spiro atoms. The van der Waals surface area contributed by atoms with Crippen LogP contribution in [0.1, 0.15) is 31.1 Å². The first-order valence-corrected chi connectivity index (χ1v) is 8.60. The standard InChI is InChI=1S/C20H22FN3O4/c1-20(2,3)24(12-17(25)23-16-8-6-15(21)7-9-16)18(26)13-28-19(27)14-5-4-10-22-11-14/h4-11H,12-13H2,1-3H3,(H,23,25). The first-order valence-electron chi connectivity index (χ1n) is 8.60. The Morgan fingerprint density at radius 3 is 2.39 bits per heavy atom. The molecule has 0 atom stereocenters. The van der Waals surface area contributed by atoms with Crippen molar-refractivity contribution in [3.63, 3.8) is 0 Å². The summed E-state index contributed by atoms with van der Waals surface area (Å²) in [7, 11) is 0. The Kier molecular flexibility index (Phi) is 6.81. The van der Waals surface area contributed by atoms with Crippen LogP contribution in [0.15, 0.2) is 48.8 Å². The topological polar surface area (TPSA) is 88.6 Å². The van der Waals surface area contributed by atoms with Gasteiger partial charge in [0.1, 0.15) is 12.4 Å². The van der Waals surface area contributed by atoms with Gasteiger partial charge in [0.15, 0.2) is 6.61 Å². The second-order valence-corrected chi connectivity index (χ2v) is 7.02. The lowest BCUT2D eigenvalue weighted by molar-refractivity contribution is -0.142. The van der Waals surface area contributed by atoms with Crippen LogP contribution in [0.2, 0.25) is 0 Å².